The van der Waals surface area contributed by atoms with Crippen molar-refractivity contribution in [2.24, 2.45) is 0 Å². The second-order valence-corrected chi connectivity index (χ2v) is 9.74. The van der Waals surface area contributed by atoms with Crippen molar-refractivity contribution in [3.63, 3.8) is 0 Å². The van der Waals surface area contributed by atoms with Gasteiger partial charge >= 0.3 is 7.60 Å². The van der Waals surface area contributed by atoms with Gasteiger partial charge in [-0.3, -0.25) is 0 Å². The summed E-state index contributed by atoms with van der Waals surface area (Å²) in [5, 5.41) is 0. The first-order chi connectivity index (χ1) is 12.0. The van der Waals surface area contributed by atoms with Crippen molar-refractivity contribution in [1.82, 2.24) is 0 Å². The summed E-state index contributed by atoms with van der Waals surface area (Å²) in [5.41, 5.74) is 0.904. The van der Waals surface area contributed by atoms with E-state index in [4.69, 9.17) is 9.05 Å². The maximum absolute atomic E-state index is 13.4. The van der Waals surface area contributed by atoms with E-state index >= 15 is 0 Å². The average molecular weight is 576 g/mol. The predicted octanol–water partition coefficient (Wildman–Crippen LogP) is 6.75. The monoisotopic (exact) mass is 576 g/mol. The second-order valence-electron chi connectivity index (χ2n) is 5.35. The van der Waals surface area contributed by atoms with Crippen LogP contribution in [0.3, 0.4) is 0 Å². The van der Waals surface area contributed by atoms with E-state index in [0.29, 0.717) is 11.5 Å². The molecule has 6 heteroatoms. The van der Waals surface area contributed by atoms with Crippen LogP contribution in [0.25, 0.3) is 0 Å². The Morgan fingerprint density at radius 1 is 0.680 bits per heavy atom. The highest BCUT2D eigenvalue weighted by Crippen LogP contribution is 2.51. The molecule has 25 heavy (non-hydrogen) atoms. The summed E-state index contributed by atoms with van der Waals surface area (Å²) in [7, 11) is -3.42. The van der Waals surface area contributed by atoms with E-state index in [9.17, 15) is 4.57 Å². The Labute approximate surface area is 174 Å². The SMILES string of the molecule is O=P(Cc1ccccc1)(Oc1ccc(I)cc1)Oc1ccc(I)cc1. The molecule has 0 unspecified atom stereocenters. The van der Waals surface area contributed by atoms with Crippen LogP contribution in [0, 0.1) is 7.14 Å². The average Bonchev–Trinajstić information content (AvgIpc) is 2.60. The van der Waals surface area contributed by atoms with Gasteiger partial charge in [-0.05, 0) is 99.3 Å². The molecule has 3 aromatic carbocycles. The summed E-state index contributed by atoms with van der Waals surface area (Å²) in [6, 6.07) is 24.4. The molecule has 0 N–H and O–H groups in total. The van der Waals surface area contributed by atoms with Crippen molar-refractivity contribution in [2.45, 2.75) is 6.16 Å². The molecule has 0 saturated heterocycles. The zero-order valence-electron chi connectivity index (χ0n) is 13.1. The molecule has 0 fully saturated rings. The highest BCUT2D eigenvalue weighted by molar-refractivity contribution is 14.1. The van der Waals surface area contributed by atoms with Crippen LogP contribution >= 0.6 is 52.8 Å². The number of hydrogen-bond acceptors (Lipinski definition) is 3. The van der Waals surface area contributed by atoms with Gasteiger partial charge in [-0.1, -0.05) is 30.3 Å². The van der Waals surface area contributed by atoms with Gasteiger partial charge in [0, 0.05) is 7.14 Å². The lowest BCUT2D eigenvalue weighted by atomic mass is 10.2. The highest BCUT2D eigenvalue weighted by atomic mass is 127. The molecule has 0 amide bonds. The van der Waals surface area contributed by atoms with Gasteiger partial charge in [0.05, 0.1) is 6.16 Å². The normalized spacial score (nSPS) is 11.1. The quantitative estimate of drug-likeness (QED) is 0.241. The molecule has 0 spiro atoms. The summed E-state index contributed by atoms with van der Waals surface area (Å²) in [6.07, 6.45) is 0.200. The summed E-state index contributed by atoms with van der Waals surface area (Å²) >= 11 is 4.43. The number of hydrogen-bond donors (Lipinski definition) is 0. The van der Waals surface area contributed by atoms with Crippen LogP contribution < -0.4 is 9.05 Å². The zero-order chi connectivity index (χ0) is 17.7. The Balaban J connectivity index is 1.87. The van der Waals surface area contributed by atoms with Crippen LogP contribution in [-0.4, -0.2) is 0 Å². The topological polar surface area (TPSA) is 35.5 Å². The number of halogens is 2. The molecule has 0 aliphatic heterocycles. The summed E-state index contributed by atoms with van der Waals surface area (Å²) < 4.78 is 27.3. The standard InChI is InChI=1S/C19H15I2O3P/c20-16-6-10-18(11-7-16)23-25(22,14-15-4-2-1-3-5-15)24-19-12-8-17(21)9-13-19/h1-13H,14H2. The molecule has 0 heterocycles. The van der Waals surface area contributed by atoms with Gasteiger partial charge in [0.2, 0.25) is 0 Å². The van der Waals surface area contributed by atoms with Crippen molar-refractivity contribution >= 4 is 52.8 Å². The maximum atomic E-state index is 13.4. The Bertz CT molecular complexity index is 814. The van der Waals surface area contributed by atoms with Gasteiger partial charge < -0.3 is 9.05 Å². The van der Waals surface area contributed by atoms with Gasteiger partial charge in [0.15, 0.2) is 0 Å². The molecule has 128 valence electrons. The van der Waals surface area contributed by atoms with E-state index < -0.39 is 7.60 Å². The van der Waals surface area contributed by atoms with E-state index in [1.54, 1.807) is 24.3 Å². The summed E-state index contributed by atoms with van der Waals surface area (Å²) in [6.45, 7) is 0. The minimum atomic E-state index is -3.42. The fourth-order valence-corrected chi connectivity index (χ4v) is 4.63. The van der Waals surface area contributed by atoms with Crippen LogP contribution in [0.5, 0.6) is 11.5 Å². The fraction of sp³-hybridized carbons (Fsp3) is 0.0526. The first-order valence-corrected chi connectivity index (χ1v) is 11.4. The number of benzene rings is 3. The molecule has 0 atom stereocenters. The lowest BCUT2D eigenvalue weighted by Crippen LogP contribution is -2.04. The first kappa shape index (κ1) is 18.7. The summed E-state index contributed by atoms with van der Waals surface area (Å²) in [4.78, 5) is 0. The molecular formula is C19H15I2O3P. The lowest BCUT2D eigenvalue weighted by Gasteiger charge is -2.20. The molecule has 3 nitrogen and oxygen atoms in total. The zero-order valence-corrected chi connectivity index (χ0v) is 18.3. The molecule has 0 radical (unpaired) electrons. The maximum Gasteiger partial charge on any atom is 0.435 e. The van der Waals surface area contributed by atoms with Crippen LogP contribution in [-0.2, 0) is 10.7 Å². The molecule has 3 rings (SSSR count). The van der Waals surface area contributed by atoms with Crippen LogP contribution in [0.4, 0.5) is 0 Å². The molecule has 0 aliphatic rings. The van der Waals surface area contributed by atoms with Crippen LogP contribution in [0.1, 0.15) is 5.56 Å². The van der Waals surface area contributed by atoms with Crippen LogP contribution in [0.2, 0.25) is 0 Å². The highest BCUT2D eigenvalue weighted by Gasteiger charge is 2.29. The van der Waals surface area contributed by atoms with Gasteiger partial charge in [-0.25, -0.2) is 4.57 Å². The third-order valence-electron chi connectivity index (χ3n) is 3.34. The van der Waals surface area contributed by atoms with Crippen molar-refractivity contribution in [1.29, 1.82) is 0 Å². The van der Waals surface area contributed by atoms with Gasteiger partial charge in [0.25, 0.3) is 0 Å². The van der Waals surface area contributed by atoms with Crippen molar-refractivity contribution in [3.8, 4) is 11.5 Å². The third kappa shape index (κ3) is 5.72. The number of rotatable bonds is 6. The van der Waals surface area contributed by atoms with Gasteiger partial charge in [0.1, 0.15) is 11.5 Å². The predicted molar refractivity (Wildman–Crippen MR) is 117 cm³/mol. The molecular weight excluding hydrogens is 561 g/mol. The smallest absolute Gasteiger partial charge is 0.416 e. The van der Waals surface area contributed by atoms with Crippen molar-refractivity contribution in [3.05, 3.63) is 91.6 Å². The van der Waals surface area contributed by atoms with Crippen molar-refractivity contribution in [2.75, 3.05) is 0 Å². The Morgan fingerprint density at radius 2 is 1.12 bits per heavy atom. The molecule has 0 bridgehead atoms. The third-order valence-corrected chi connectivity index (χ3v) is 6.50. The fourth-order valence-electron chi connectivity index (χ4n) is 2.20. The molecule has 0 aromatic heterocycles. The lowest BCUT2D eigenvalue weighted by molar-refractivity contribution is 0.384. The first-order valence-electron chi connectivity index (χ1n) is 7.56. The molecule has 0 saturated carbocycles. The van der Waals surface area contributed by atoms with Crippen molar-refractivity contribution < 1.29 is 13.6 Å². The minimum absolute atomic E-state index is 0.200. The Kier molecular flexibility index (Phi) is 6.41. The summed E-state index contributed by atoms with van der Waals surface area (Å²) in [5.74, 6) is 1.07. The second kappa shape index (κ2) is 8.56. The van der Waals surface area contributed by atoms with E-state index in [2.05, 4.69) is 45.2 Å². The Hall–Kier alpha value is -1.05. The Morgan fingerprint density at radius 3 is 1.56 bits per heavy atom. The molecule has 0 aliphatic carbocycles. The van der Waals surface area contributed by atoms with E-state index in [-0.39, 0.29) is 6.16 Å². The van der Waals surface area contributed by atoms with Crippen LogP contribution in [0.15, 0.2) is 78.9 Å². The van der Waals surface area contributed by atoms with E-state index in [1.165, 1.54) is 0 Å². The minimum Gasteiger partial charge on any atom is -0.416 e. The largest absolute Gasteiger partial charge is 0.435 e. The van der Waals surface area contributed by atoms with Gasteiger partial charge in [-0.2, -0.15) is 0 Å². The molecule has 3 aromatic rings. The van der Waals surface area contributed by atoms with E-state index in [1.807, 2.05) is 54.6 Å². The van der Waals surface area contributed by atoms with Gasteiger partial charge in [-0.15, -0.1) is 0 Å². The van der Waals surface area contributed by atoms with E-state index in [0.717, 1.165) is 12.7 Å².